The van der Waals surface area contributed by atoms with Crippen molar-refractivity contribution in [2.45, 2.75) is 45.7 Å². The number of aliphatic hydroxyl groups excluding tert-OH is 1. The molecule has 0 radical (unpaired) electrons. The molecule has 1 aliphatic heterocycles. The van der Waals surface area contributed by atoms with Crippen molar-refractivity contribution in [2.24, 2.45) is 0 Å². The van der Waals surface area contributed by atoms with E-state index in [2.05, 4.69) is 10.2 Å². The van der Waals surface area contributed by atoms with Gasteiger partial charge in [-0.15, -0.1) is 0 Å². The summed E-state index contributed by atoms with van der Waals surface area (Å²) in [5.41, 5.74) is 0.950. The number of carbonyl (C=O) groups is 1. The molecule has 2 aromatic rings. The van der Waals surface area contributed by atoms with Crippen LogP contribution in [0.25, 0.3) is 11.3 Å². The van der Waals surface area contributed by atoms with Crippen LogP contribution in [-0.2, 0) is 11.3 Å². The van der Waals surface area contributed by atoms with Gasteiger partial charge in [-0.05, 0) is 57.0 Å². The highest BCUT2D eigenvalue weighted by Crippen LogP contribution is 2.37. The van der Waals surface area contributed by atoms with Crippen LogP contribution in [0.5, 0.6) is 11.5 Å². The molecule has 7 nitrogen and oxygen atoms in total. The zero-order valence-corrected chi connectivity index (χ0v) is 19.6. The van der Waals surface area contributed by atoms with Crippen LogP contribution in [0.3, 0.4) is 0 Å². The van der Waals surface area contributed by atoms with Gasteiger partial charge in [0.25, 0.3) is 5.91 Å². The molecule has 0 bridgehead atoms. The molecule has 0 aromatic heterocycles. The number of phenolic OH excluding ortho intramolecular Hbond substituents is 2. The summed E-state index contributed by atoms with van der Waals surface area (Å²) >= 11 is 5.97. The largest absolute Gasteiger partial charge is 0.507 e. The molecule has 0 aliphatic carbocycles. The van der Waals surface area contributed by atoms with E-state index in [9.17, 15) is 20.1 Å². The first-order chi connectivity index (χ1) is 15.7. The Labute approximate surface area is 198 Å². The van der Waals surface area contributed by atoms with Crippen molar-refractivity contribution in [2.75, 3.05) is 13.1 Å². The molecular weight excluding hydrogens is 442 g/mol. The smallest absolute Gasteiger partial charge is 0.270 e. The third-order valence-electron chi connectivity index (χ3n) is 5.55. The molecule has 0 unspecified atom stereocenters. The molecule has 0 spiro atoms. The highest BCUT2D eigenvalue weighted by Gasteiger charge is 2.24. The third-order valence-corrected chi connectivity index (χ3v) is 5.85. The lowest BCUT2D eigenvalue weighted by Crippen LogP contribution is -2.36. The van der Waals surface area contributed by atoms with Crippen molar-refractivity contribution in [3.05, 3.63) is 58.1 Å². The Kier molecular flexibility index (Phi) is 8.00. The summed E-state index contributed by atoms with van der Waals surface area (Å²) in [4.78, 5) is 15.0. The quantitative estimate of drug-likeness (QED) is 0.228. The van der Waals surface area contributed by atoms with Gasteiger partial charge in [0, 0.05) is 18.7 Å². The molecule has 176 valence electrons. The van der Waals surface area contributed by atoms with E-state index in [0.717, 1.165) is 31.3 Å². The number of aliphatic hydroxyl groups is 1. The Balaban J connectivity index is 2.02. The van der Waals surface area contributed by atoms with E-state index in [4.69, 9.17) is 17.0 Å². The second-order valence-electron chi connectivity index (χ2n) is 8.58. The number of nitrogens with one attached hydrogen (secondary N) is 2. The van der Waals surface area contributed by atoms with Gasteiger partial charge in [-0.25, -0.2) is 0 Å². The molecule has 1 heterocycles. The van der Waals surface area contributed by atoms with Gasteiger partial charge in [0.05, 0.1) is 16.2 Å². The Morgan fingerprint density at radius 2 is 1.73 bits per heavy atom. The summed E-state index contributed by atoms with van der Waals surface area (Å²) in [7, 11) is 0. The summed E-state index contributed by atoms with van der Waals surface area (Å²) in [6.45, 7) is 6.49. The van der Waals surface area contributed by atoms with Crippen LogP contribution in [0.2, 0.25) is 5.02 Å². The molecular formula is C25H30ClN3O4. The van der Waals surface area contributed by atoms with Crippen LogP contribution in [0.1, 0.15) is 49.8 Å². The van der Waals surface area contributed by atoms with E-state index < -0.39 is 23.1 Å². The fraction of sp³-hybridized carbons (Fsp3) is 0.360. The number of hydrogen-bond acceptors (Lipinski definition) is 6. The van der Waals surface area contributed by atoms with Crippen LogP contribution in [0, 0.1) is 5.41 Å². The standard InChI is InChI=1S/C25H30ClN3O4/c1-15(2)28-25(33)23(27)22(24(32)18-12-19(26)21(31)13-20(18)30)17-8-6-16(7-9-17)14-29-10-4-3-5-11-29/h6-9,12-13,15,27,30-32H,3-5,10-11,14H2,1-2H3,(H,28,33)/b24-22-,27-23?. The number of halogens is 1. The van der Waals surface area contributed by atoms with Crippen LogP contribution >= 0.6 is 11.6 Å². The van der Waals surface area contributed by atoms with Gasteiger partial charge in [-0.3, -0.25) is 15.1 Å². The second kappa shape index (κ2) is 10.7. The van der Waals surface area contributed by atoms with Crippen molar-refractivity contribution in [3.8, 4) is 11.5 Å². The van der Waals surface area contributed by atoms with Gasteiger partial charge in [-0.2, -0.15) is 0 Å². The number of nitrogens with zero attached hydrogens (tertiary/aromatic N) is 1. The van der Waals surface area contributed by atoms with E-state index in [1.54, 1.807) is 26.0 Å². The van der Waals surface area contributed by atoms with E-state index in [0.29, 0.717) is 5.56 Å². The lowest BCUT2D eigenvalue weighted by atomic mass is 9.94. The molecule has 1 amide bonds. The molecule has 5 N–H and O–H groups in total. The topological polar surface area (TPSA) is 117 Å². The van der Waals surface area contributed by atoms with E-state index >= 15 is 0 Å². The van der Waals surface area contributed by atoms with E-state index in [1.807, 2.05) is 12.1 Å². The maximum Gasteiger partial charge on any atom is 0.270 e. The first kappa shape index (κ1) is 24.6. The number of carbonyl (C=O) groups excluding carboxylic acids is 1. The minimum absolute atomic E-state index is 0.0465. The average Bonchev–Trinajstić information content (AvgIpc) is 2.77. The average molecular weight is 472 g/mol. The number of likely N-dealkylation sites (tertiary alicyclic amines) is 1. The van der Waals surface area contributed by atoms with Gasteiger partial charge in [0.1, 0.15) is 23.0 Å². The fourth-order valence-electron chi connectivity index (χ4n) is 3.88. The van der Waals surface area contributed by atoms with Crippen LogP contribution in [0.4, 0.5) is 0 Å². The predicted molar refractivity (Wildman–Crippen MR) is 131 cm³/mol. The molecule has 8 heteroatoms. The number of rotatable bonds is 7. The third kappa shape index (κ3) is 6.06. The number of amides is 1. The number of hydrogen-bond donors (Lipinski definition) is 5. The van der Waals surface area contributed by atoms with Gasteiger partial charge in [-0.1, -0.05) is 42.3 Å². The first-order valence-electron chi connectivity index (χ1n) is 11.0. The van der Waals surface area contributed by atoms with Gasteiger partial charge in [0.2, 0.25) is 0 Å². The van der Waals surface area contributed by atoms with Crippen molar-refractivity contribution < 1.29 is 20.1 Å². The number of aromatic hydroxyl groups is 2. The van der Waals surface area contributed by atoms with Gasteiger partial charge >= 0.3 is 0 Å². The summed E-state index contributed by atoms with van der Waals surface area (Å²) in [6.07, 6.45) is 3.65. The Bertz CT molecular complexity index is 1060. The summed E-state index contributed by atoms with van der Waals surface area (Å²) in [6, 6.07) is 9.32. The monoisotopic (exact) mass is 471 g/mol. The van der Waals surface area contributed by atoms with Crippen molar-refractivity contribution in [1.82, 2.24) is 10.2 Å². The molecule has 1 fully saturated rings. The lowest BCUT2D eigenvalue weighted by molar-refractivity contribution is -0.115. The summed E-state index contributed by atoms with van der Waals surface area (Å²) < 4.78 is 0. The molecule has 0 saturated carbocycles. The zero-order valence-electron chi connectivity index (χ0n) is 18.9. The molecule has 2 aromatic carbocycles. The van der Waals surface area contributed by atoms with Gasteiger partial charge in [0.15, 0.2) is 0 Å². The molecule has 1 aliphatic rings. The van der Waals surface area contributed by atoms with Crippen molar-refractivity contribution >= 4 is 34.6 Å². The first-order valence-corrected chi connectivity index (χ1v) is 11.4. The Hall–Kier alpha value is -3.03. The van der Waals surface area contributed by atoms with Crippen LogP contribution in [0.15, 0.2) is 36.4 Å². The van der Waals surface area contributed by atoms with Crippen LogP contribution in [-0.4, -0.2) is 51.0 Å². The van der Waals surface area contributed by atoms with Crippen molar-refractivity contribution in [3.63, 3.8) is 0 Å². The van der Waals surface area contributed by atoms with Gasteiger partial charge < -0.3 is 20.6 Å². The fourth-order valence-corrected chi connectivity index (χ4v) is 4.04. The number of benzene rings is 2. The molecule has 0 atom stereocenters. The zero-order chi connectivity index (χ0) is 24.1. The molecule has 33 heavy (non-hydrogen) atoms. The lowest BCUT2D eigenvalue weighted by Gasteiger charge is -2.26. The van der Waals surface area contributed by atoms with Crippen LogP contribution < -0.4 is 5.32 Å². The molecule has 3 rings (SSSR count). The minimum Gasteiger partial charge on any atom is -0.507 e. The highest BCUT2D eigenvalue weighted by atomic mass is 35.5. The van der Waals surface area contributed by atoms with Crippen molar-refractivity contribution in [1.29, 1.82) is 5.41 Å². The minimum atomic E-state index is -0.659. The summed E-state index contributed by atoms with van der Waals surface area (Å²) in [5, 5.41) is 42.1. The molecule has 1 saturated heterocycles. The SMILES string of the molecule is CC(C)NC(=O)C(=N)/C(=C(\O)c1cc(Cl)c(O)cc1O)c1ccc(CN2CCCCC2)cc1. The predicted octanol–water partition coefficient (Wildman–Crippen LogP) is 4.71. The maximum atomic E-state index is 12.6. The maximum absolute atomic E-state index is 12.6. The normalized spacial score (nSPS) is 15.3. The second-order valence-corrected chi connectivity index (χ2v) is 8.99. The summed E-state index contributed by atoms with van der Waals surface area (Å²) in [5.74, 6) is -1.91. The number of phenols is 2. The Morgan fingerprint density at radius 1 is 1.09 bits per heavy atom. The van der Waals surface area contributed by atoms with E-state index in [1.165, 1.54) is 25.3 Å². The van der Waals surface area contributed by atoms with E-state index in [-0.39, 0.29) is 28.0 Å². The highest BCUT2D eigenvalue weighted by molar-refractivity contribution is 6.56. The number of piperidine rings is 1. The Morgan fingerprint density at radius 3 is 2.33 bits per heavy atom.